The molecule has 7 nitrogen and oxygen atoms in total. The van der Waals surface area contributed by atoms with Gasteiger partial charge in [-0.15, -0.1) is 11.3 Å². The molecule has 2 N–H and O–H groups in total. The molecule has 1 aromatic carbocycles. The van der Waals surface area contributed by atoms with Crippen molar-refractivity contribution in [1.82, 2.24) is 9.97 Å². The van der Waals surface area contributed by atoms with Gasteiger partial charge in [0.15, 0.2) is 10.8 Å². The Morgan fingerprint density at radius 1 is 1.36 bits per heavy atom. The number of sulfonamides is 1. The first kappa shape index (κ1) is 14.5. The van der Waals surface area contributed by atoms with E-state index in [9.17, 15) is 13.2 Å². The molecule has 9 heteroatoms. The van der Waals surface area contributed by atoms with Crippen LogP contribution in [0.1, 0.15) is 10.5 Å². The van der Waals surface area contributed by atoms with E-state index >= 15 is 0 Å². The van der Waals surface area contributed by atoms with Crippen LogP contribution in [0.15, 0.2) is 40.7 Å². The zero-order valence-electron chi connectivity index (χ0n) is 11.4. The van der Waals surface area contributed by atoms with Crippen molar-refractivity contribution < 1.29 is 17.9 Å². The molecule has 3 rings (SSSR count). The van der Waals surface area contributed by atoms with Gasteiger partial charge in [0.2, 0.25) is 0 Å². The van der Waals surface area contributed by atoms with E-state index in [-0.39, 0.29) is 15.7 Å². The van der Waals surface area contributed by atoms with Gasteiger partial charge in [-0.3, -0.25) is 4.72 Å². The lowest BCUT2D eigenvalue weighted by Crippen LogP contribution is -2.12. The Hall–Kier alpha value is -2.39. The fraction of sp³-hybridized carbons (Fsp3) is 0.0769. The number of hydrogen-bond acceptors (Lipinski definition) is 6. The van der Waals surface area contributed by atoms with Gasteiger partial charge in [0.1, 0.15) is 4.90 Å². The minimum Gasteiger partial charge on any atom is -0.464 e. The highest BCUT2D eigenvalue weighted by Crippen LogP contribution is 2.26. The number of carbonyl (C=O) groups excluding carboxylic acids is 1. The van der Waals surface area contributed by atoms with Crippen LogP contribution in [0.5, 0.6) is 0 Å². The molecule has 0 aliphatic carbocycles. The number of esters is 1. The van der Waals surface area contributed by atoms with Gasteiger partial charge in [-0.1, -0.05) is 18.2 Å². The number of anilines is 1. The first-order chi connectivity index (χ1) is 10.5. The number of carbonyl (C=O) groups is 1. The van der Waals surface area contributed by atoms with Gasteiger partial charge in [-0.25, -0.2) is 18.2 Å². The summed E-state index contributed by atoms with van der Waals surface area (Å²) in [5.41, 5.74) is 0.779. The number of nitrogens with one attached hydrogen (secondary N) is 2. The lowest BCUT2D eigenvalue weighted by Gasteiger charge is -2.03. The van der Waals surface area contributed by atoms with Crippen LogP contribution in [0, 0.1) is 0 Å². The number of aromatic amines is 1. The molecule has 0 saturated heterocycles. The molecule has 22 heavy (non-hydrogen) atoms. The zero-order valence-corrected chi connectivity index (χ0v) is 13.0. The number of benzene rings is 1. The zero-order chi connectivity index (χ0) is 15.7. The van der Waals surface area contributed by atoms with E-state index in [1.165, 1.54) is 18.7 Å². The smallest absolute Gasteiger partial charge is 0.357 e. The van der Waals surface area contributed by atoms with Crippen LogP contribution in [0.3, 0.4) is 0 Å². The summed E-state index contributed by atoms with van der Waals surface area (Å²) in [6, 6.07) is 7.06. The summed E-state index contributed by atoms with van der Waals surface area (Å²) in [4.78, 5) is 18.3. The largest absolute Gasteiger partial charge is 0.464 e. The maximum atomic E-state index is 12.4. The Morgan fingerprint density at radius 2 is 2.14 bits per heavy atom. The minimum atomic E-state index is -3.80. The molecule has 0 aliphatic heterocycles. The van der Waals surface area contributed by atoms with E-state index in [0.717, 1.165) is 16.9 Å². The summed E-state index contributed by atoms with van der Waals surface area (Å²) in [6.45, 7) is 0. The maximum Gasteiger partial charge on any atom is 0.357 e. The molecular weight excluding hydrogens is 326 g/mol. The minimum absolute atomic E-state index is 0.0594. The van der Waals surface area contributed by atoms with Crippen molar-refractivity contribution >= 4 is 43.4 Å². The highest BCUT2D eigenvalue weighted by atomic mass is 32.2. The molecule has 2 heterocycles. The van der Waals surface area contributed by atoms with Gasteiger partial charge in [0.05, 0.1) is 7.11 Å². The third kappa shape index (κ3) is 2.55. The highest BCUT2D eigenvalue weighted by Gasteiger charge is 2.21. The second kappa shape index (κ2) is 5.43. The number of aromatic nitrogens is 2. The predicted octanol–water partition coefficient (Wildman–Crippen LogP) is 2.21. The van der Waals surface area contributed by atoms with Crippen molar-refractivity contribution in [3.63, 3.8) is 0 Å². The summed E-state index contributed by atoms with van der Waals surface area (Å²) in [5, 5.41) is 2.12. The summed E-state index contributed by atoms with van der Waals surface area (Å²) in [7, 11) is -2.57. The van der Waals surface area contributed by atoms with Crippen LogP contribution < -0.4 is 4.72 Å². The van der Waals surface area contributed by atoms with E-state index in [2.05, 4.69) is 19.4 Å². The SMILES string of the molecule is COC(=O)c1csc(NS(=O)(=O)c2c[nH]c3ccccc23)n1. The molecule has 0 fully saturated rings. The second-order valence-electron chi connectivity index (χ2n) is 4.33. The number of rotatable bonds is 4. The third-order valence-electron chi connectivity index (χ3n) is 2.96. The lowest BCUT2D eigenvalue weighted by molar-refractivity contribution is 0.0595. The molecular formula is C13H11N3O4S2. The molecule has 114 valence electrons. The number of para-hydroxylation sites is 1. The molecule has 0 radical (unpaired) electrons. The molecule has 0 atom stereocenters. The van der Waals surface area contributed by atoms with Crippen LogP contribution in [-0.4, -0.2) is 31.5 Å². The average molecular weight is 337 g/mol. The molecule has 0 amide bonds. The van der Waals surface area contributed by atoms with Crippen molar-refractivity contribution in [2.75, 3.05) is 11.8 Å². The Morgan fingerprint density at radius 3 is 2.91 bits per heavy atom. The van der Waals surface area contributed by atoms with E-state index in [1.807, 2.05) is 6.07 Å². The molecule has 3 aromatic rings. The Balaban J connectivity index is 1.94. The summed E-state index contributed by atoms with van der Waals surface area (Å²) in [5.74, 6) is -0.617. The second-order valence-corrected chi connectivity index (χ2v) is 6.84. The van der Waals surface area contributed by atoms with E-state index < -0.39 is 16.0 Å². The van der Waals surface area contributed by atoms with Crippen LogP contribution in [-0.2, 0) is 14.8 Å². The molecule has 0 unspecified atom stereocenters. The Labute approximate surface area is 130 Å². The number of fused-ring (bicyclic) bond motifs is 1. The van der Waals surface area contributed by atoms with Gasteiger partial charge < -0.3 is 9.72 Å². The molecule has 2 aromatic heterocycles. The molecule has 0 spiro atoms. The Kier molecular flexibility index (Phi) is 3.59. The van der Waals surface area contributed by atoms with Crippen molar-refractivity contribution in [3.05, 3.63) is 41.5 Å². The number of hydrogen-bond donors (Lipinski definition) is 2. The fourth-order valence-corrected chi connectivity index (χ4v) is 4.07. The van der Waals surface area contributed by atoms with Crippen LogP contribution in [0.2, 0.25) is 0 Å². The normalized spacial score (nSPS) is 11.5. The van der Waals surface area contributed by atoms with E-state index in [4.69, 9.17) is 0 Å². The maximum absolute atomic E-state index is 12.4. The van der Waals surface area contributed by atoms with E-state index in [1.54, 1.807) is 18.2 Å². The van der Waals surface area contributed by atoms with Crippen molar-refractivity contribution in [2.24, 2.45) is 0 Å². The number of nitrogens with zero attached hydrogens (tertiary/aromatic N) is 1. The number of H-pyrrole nitrogens is 1. The molecule has 0 aliphatic rings. The van der Waals surface area contributed by atoms with Crippen LogP contribution in [0.4, 0.5) is 5.13 Å². The first-order valence-corrected chi connectivity index (χ1v) is 8.50. The van der Waals surface area contributed by atoms with E-state index in [0.29, 0.717) is 5.39 Å². The summed E-state index contributed by atoms with van der Waals surface area (Å²) < 4.78 is 31.8. The van der Waals surface area contributed by atoms with Crippen LogP contribution >= 0.6 is 11.3 Å². The lowest BCUT2D eigenvalue weighted by atomic mass is 10.2. The monoisotopic (exact) mass is 337 g/mol. The van der Waals surface area contributed by atoms with Gasteiger partial charge in [0.25, 0.3) is 10.0 Å². The van der Waals surface area contributed by atoms with Crippen LogP contribution in [0.25, 0.3) is 10.9 Å². The molecule has 0 bridgehead atoms. The summed E-state index contributed by atoms with van der Waals surface area (Å²) in [6.07, 6.45) is 1.42. The van der Waals surface area contributed by atoms with Crippen molar-refractivity contribution in [2.45, 2.75) is 4.90 Å². The quantitative estimate of drug-likeness (QED) is 0.711. The molecule has 0 saturated carbocycles. The third-order valence-corrected chi connectivity index (χ3v) is 5.23. The topological polar surface area (TPSA) is 101 Å². The fourth-order valence-electron chi connectivity index (χ4n) is 1.96. The average Bonchev–Trinajstić information content (AvgIpc) is 3.12. The Bertz CT molecular complexity index is 943. The number of ether oxygens (including phenoxy) is 1. The number of methoxy groups -OCH3 is 1. The highest BCUT2D eigenvalue weighted by molar-refractivity contribution is 7.93. The first-order valence-electron chi connectivity index (χ1n) is 6.14. The van der Waals surface area contributed by atoms with Crippen molar-refractivity contribution in [3.8, 4) is 0 Å². The van der Waals surface area contributed by atoms with Gasteiger partial charge >= 0.3 is 5.97 Å². The standard InChI is InChI=1S/C13H11N3O4S2/c1-20-12(17)10-7-21-13(15-10)16-22(18,19)11-6-14-9-5-3-2-4-8(9)11/h2-7,14H,1H3,(H,15,16). The van der Waals surface area contributed by atoms with Crippen molar-refractivity contribution in [1.29, 1.82) is 0 Å². The van der Waals surface area contributed by atoms with Gasteiger partial charge in [0, 0.05) is 22.5 Å². The summed E-state index contributed by atoms with van der Waals surface area (Å²) >= 11 is 1.01. The van der Waals surface area contributed by atoms with Gasteiger partial charge in [-0.05, 0) is 6.07 Å². The number of thiazole rings is 1. The predicted molar refractivity (Wildman–Crippen MR) is 82.6 cm³/mol. The van der Waals surface area contributed by atoms with Gasteiger partial charge in [-0.2, -0.15) is 0 Å².